The van der Waals surface area contributed by atoms with Gasteiger partial charge in [0.15, 0.2) is 11.5 Å². The van der Waals surface area contributed by atoms with Gasteiger partial charge in [0.05, 0.1) is 19.9 Å². The van der Waals surface area contributed by atoms with Crippen molar-refractivity contribution >= 4 is 39.9 Å². The first-order valence-corrected chi connectivity index (χ1v) is 11.1. The number of furan rings is 1. The van der Waals surface area contributed by atoms with Crippen LogP contribution in [0.2, 0.25) is 0 Å². The predicted molar refractivity (Wildman–Crippen MR) is 127 cm³/mol. The first kappa shape index (κ1) is 23.3. The Kier molecular flexibility index (Phi) is 6.83. The molecule has 0 aliphatic carbocycles. The minimum absolute atomic E-state index is 0.0987. The van der Waals surface area contributed by atoms with Crippen molar-refractivity contribution in [2.24, 2.45) is 0 Å². The third kappa shape index (κ3) is 5.04. The minimum atomic E-state index is -0.805. The Hall–Kier alpha value is -3.85. The number of carbonyl (C=O) groups excluding carboxylic acids is 3. The summed E-state index contributed by atoms with van der Waals surface area (Å²) in [5, 5.41) is 2.19. The van der Waals surface area contributed by atoms with Gasteiger partial charge in [-0.05, 0) is 48.4 Å². The van der Waals surface area contributed by atoms with Crippen molar-refractivity contribution in [2.45, 2.75) is 20.1 Å². The van der Waals surface area contributed by atoms with Crippen LogP contribution in [0.1, 0.15) is 22.5 Å². The summed E-state index contributed by atoms with van der Waals surface area (Å²) < 4.78 is 17.2. The molecule has 1 fully saturated rings. The molecule has 0 bridgehead atoms. The van der Waals surface area contributed by atoms with E-state index in [1.165, 1.54) is 19.4 Å². The molecule has 34 heavy (non-hydrogen) atoms. The van der Waals surface area contributed by atoms with Crippen molar-refractivity contribution in [3.63, 3.8) is 0 Å². The Labute approximate surface area is 204 Å². The fraction of sp³-hybridized carbons (Fsp3) is 0.160. The fourth-order valence-corrected chi connectivity index (χ4v) is 3.89. The number of benzene rings is 2. The van der Waals surface area contributed by atoms with Crippen molar-refractivity contribution in [2.75, 3.05) is 7.11 Å². The van der Waals surface area contributed by atoms with Crippen molar-refractivity contribution < 1.29 is 28.3 Å². The summed E-state index contributed by atoms with van der Waals surface area (Å²) in [7, 11) is 1.50. The zero-order valence-corrected chi connectivity index (χ0v) is 20.0. The van der Waals surface area contributed by atoms with E-state index in [0.717, 1.165) is 16.0 Å². The van der Waals surface area contributed by atoms with Gasteiger partial charge in [-0.1, -0.05) is 45.8 Å². The number of rotatable bonds is 7. The number of carbonyl (C=O) groups is 3. The summed E-state index contributed by atoms with van der Waals surface area (Å²) >= 11 is 3.47. The molecule has 1 aromatic heterocycles. The monoisotopic (exact) mass is 524 g/mol. The van der Waals surface area contributed by atoms with Crippen molar-refractivity contribution in [3.05, 3.63) is 87.3 Å². The molecule has 0 spiro atoms. The second kappa shape index (κ2) is 9.96. The lowest BCUT2D eigenvalue weighted by atomic mass is 10.1. The predicted octanol–water partition coefficient (Wildman–Crippen LogP) is 4.60. The van der Waals surface area contributed by atoms with Gasteiger partial charge in [-0.2, -0.15) is 0 Å². The third-order valence-corrected chi connectivity index (χ3v) is 5.83. The Morgan fingerprint density at radius 2 is 1.91 bits per heavy atom. The molecule has 2 aromatic carbocycles. The number of halogens is 1. The molecule has 2 heterocycles. The fourth-order valence-electron chi connectivity index (χ4n) is 3.45. The quantitative estimate of drug-likeness (QED) is 0.358. The van der Waals surface area contributed by atoms with Crippen LogP contribution in [0.15, 0.2) is 69.3 Å². The maximum absolute atomic E-state index is 13.0. The highest BCUT2D eigenvalue weighted by Gasteiger charge is 2.36. The number of nitrogens with zero attached hydrogens (tertiary/aromatic N) is 1. The van der Waals surface area contributed by atoms with Crippen LogP contribution in [0.4, 0.5) is 4.79 Å². The number of nitrogens with one attached hydrogen (secondary N) is 1. The molecule has 0 radical (unpaired) electrons. The summed E-state index contributed by atoms with van der Waals surface area (Å²) in [6.45, 7) is 2.25. The highest BCUT2D eigenvalue weighted by atomic mass is 79.9. The van der Waals surface area contributed by atoms with E-state index in [9.17, 15) is 14.4 Å². The number of hydrogen-bond acceptors (Lipinski definition) is 6. The molecular formula is C25H21BrN2O6. The van der Waals surface area contributed by atoms with Crippen LogP contribution < -0.4 is 14.8 Å². The second-order valence-electron chi connectivity index (χ2n) is 7.59. The van der Waals surface area contributed by atoms with Gasteiger partial charge in [-0.25, -0.2) is 4.79 Å². The normalized spacial score (nSPS) is 15.0. The van der Waals surface area contributed by atoms with Crippen LogP contribution in [0.3, 0.4) is 0 Å². The number of urea groups is 1. The standard InChI is InChI=1S/C25H21BrN2O6/c1-15-5-3-6-16(9-15)14-34-22-12-20(26)17(11-21(22)32-2)10-19-23(29)27-25(31)28(24(19)30)13-18-7-4-8-33-18/h3-12H,13-14H2,1-2H3,(H,27,29,31)/b19-10+. The van der Waals surface area contributed by atoms with E-state index in [-0.39, 0.29) is 12.1 Å². The summed E-state index contributed by atoms with van der Waals surface area (Å²) in [6, 6.07) is 13.8. The van der Waals surface area contributed by atoms with Crippen molar-refractivity contribution in [1.82, 2.24) is 10.2 Å². The van der Waals surface area contributed by atoms with E-state index in [1.54, 1.807) is 24.3 Å². The van der Waals surface area contributed by atoms with Gasteiger partial charge >= 0.3 is 6.03 Å². The van der Waals surface area contributed by atoms with Gasteiger partial charge in [-0.3, -0.25) is 19.8 Å². The molecular weight excluding hydrogens is 504 g/mol. The van der Waals surface area contributed by atoms with E-state index < -0.39 is 17.8 Å². The highest BCUT2D eigenvalue weighted by Crippen LogP contribution is 2.35. The summed E-state index contributed by atoms with van der Waals surface area (Å²) in [5.74, 6) is -0.177. The van der Waals surface area contributed by atoms with E-state index in [0.29, 0.717) is 33.9 Å². The maximum Gasteiger partial charge on any atom is 0.331 e. The average Bonchev–Trinajstić information content (AvgIpc) is 3.32. The Balaban J connectivity index is 1.60. The molecule has 1 aliphatic rings. The van der Waals surface area contributed by atoms with Crippen LogP contribution in [0.25, 0.3) is 6.08 Å². The topological polar surface area (TPSA) is 98.1 Å². The molecule has 1 saturated heterocycles. The van der Waals surface area contributed by atoms with Crippen LogP contribution in [-0.4, -0.2) is 29.9 Å². The van der Waals surface area contributed by atoms with Gasteiger partial charge in [0.1, 0.15) is 17.9 Å². The largest absolute Gasteiger partial charge is 0.493 e. The Morgan fingerprint density at radius 1 is 1.09 bits per heavy atom. The van der Waals surface area contributed by atoms with Crippen LogP contribution in [0, 0.1) is 6.92 Å². The van der Waals surface area contributed by atoms with Gasteiger partial charge in [0, 0.05) is 4.47 Å². The average molecular weight is 525 g/mol. The third-order valence-electron chi connectivity index (χ3n) is 5.14. The summed E-state index contributed by atoms with van der Waals surface area (Å²) in [6.07, 6.45) is 2.84. The number of methoxy groups -OCH3 is 1. The molecule has 1 aliphatic heterocycles. The lowest BCUT2D eigenvalue weighted by Crippen LogP contribution is -2.53. The van der Waals surface area contributed by atoms with Crippen LogP contribution in [-0.2, 0) is 22.7 Å². The van der Waals surface area contributed by atoms with Gasteiger partial charge < -0.3 is 13.9 Å². The van der Waals surface area contributed by atoms with Gasteiger partial charge in [0.2, 0.25) is 0 Å². The zero-order chi connectivity index (χ0) is 24.2. The minimum Gasteiger partial charge on any atom is -0.493 e. The first-order chi connectivity index (χ1) is 16.4. The number of ether oxygens (including phenoxy) is 2. The molecule has 0 atom stereocenters. The van der Waals surface area contributed by atoms with Gasteiger partial charge in [-0.15, -0.1) is 0 Å². The van der Waals surface area contributed by atoms with Crippen molar-refractivity contribution in [3.8, 4) is 11.5 Å². The molecule has 9 heteroatoms. The number of imide groups is 2. The number of barbiturate groups is 1. The molecule has 174 valence electrons. The lowest BCUT2D eigenvalue weighted by Gasteiger charge is -2.25. The molecule has 4 amide bonds. The summed E-state index contributed by atoms with van der Waals surface area (Å²) in [4.78, 5) is 38.5. The first-order valence-electron chi connectivity index (χ1n) is 10.3. The molecule has 1 N–H and O–H groups in total. The highest BCUT2D eigenvalue weighted by molar-refractivity contribution is 9.10. The smallest absolute Gasteiger partial charge is 0.331 e. The Morgan fingerprint density at radius 3 is 2.62 bits per heavy atom. The molecule has 4 rings (SSSR count). The number of hydrogen-bond donors (Lipinski definition) is 1. The van der Waals surface area contributed by atoms with E-state index in [4.69, 9.17) is 13.9 Å². The number of aryl methyl sites for hydroxylation is 1. The van der Waals surface area contributed by atoms with E-state index in [1.807, 2.05) is 31.2 Å². The number of amides is 4. The van der Waals surface area contributed by atoms with Gasteiger partial charge in [0.25, 0.3) is 11.8 Å². The molecule has 0 saturated carbocycles. The SMILES string of the molecule is COc1cc(/C=C2\C(=O)NC(=O)N(Cc3ccco3)C2=O)c(Br)cc1OCc1cccc(C)c1. The Bertz CT molecular complexity index is 1280. The summed E-state index contributed by atoms with van der Waals surface area (Å²) in [5.41, 5.74) is 2.45. The molecule has 3 aromatic rings. The van der Waals surface area contributed by atoms with Crippen LogP contribution in [0.5, 0.6) is 11.5 Å². The van der Waals surface area contributed by atoms with E-state index >= 15 is 0 Å². The zero-order valence-electron chi connectivity index (χ0n) is 18.5. The van der Waals surface area contributed by atoms with Crippen LogP contribution >= 0.6 is 15.9 Å². The molecule has 0 unspecified atom stereocenters. The van der Waals surface area contributed by atoms with Crippen molar-refractivity contribution in [1.29, 1.82) is 0 Å². The molecule has 8 nitrogen and oxygen atoms in total. The second-order valence-corrected chi connectivity index (χ2v) is 8.44. The lowest BCUT2D eigenvalue weighted by molar-refractivity contribution is -0.130. The van der Waals surface area contributed by atoms with E-state index in [2.05, 4.69) is 21.2 Å². The maximum atomic E-state index is 13.0.